The Morgan fingerprint density at radius 1 is 1.30 bits per heavy atom. The lowest BCUT2D eigenvalue weighted by Crippen LogP contribution is -2.56. The molecular formula is C21H31NO4Si. The molecule has 0 bridgehead atoms. The number of fused-ring (bicyclic) bond motifs is 1. The Labute approximate surface area is 163 Å². The van der Waals surface area contributed by atoms with Crippen LogP contribution in [0.1, 0.15) is 26.3 Å². The van der Waals surface area contributed by atoms with Gasteiger partial charge in [0.15, 0.2) is 5.60 Å². The van der Waals surface area contributed by atoms with Gasteiger partial charge in [0.25, 0.3) is 0 Å². The Bertz CT molecular complexity index is 754. The van der Waals surface area contributed by atoms with E-state index in [0.29, 0.717) is 6.42 Å². The lowest BCUT2D eigenvalue weighted by molar-refractivity contribution is -0.00818. The number of amides is 1. The van der Waals surface area contributed by atoms with Crippen molar-refractivity contribution in [2.24, 2.45) is 0 Å². The summed E-state index contributed by atoms with van der Waals surface area (Å²) in [5.74, 6) is 3.05. The van der Waals surface area contributed by atoms with E-state index in [1.54, 1.807) is 4.90 Å². The van der Waals surface area contributed by atoms with Crippen LogP contribution in [0.4, 0.5) is 10.5 Å². The van der Waals surface area contributed by atoms with Gasteiger partial charge in [0.1, 0.15) is 13.7 Å². The predicted molar refractivity (Wildman–Crippen MR) is 111 cm³/mol. The molecule has 0 radical (unpaired) electrons. The summed E-state index contributed by atoms with van der Waals surface area (Å²) in [6, 6.07) is 7.07. The summed E-state index contributed by atoms with van der Waals surface area (Å²) < 4.78 is 10.9. The molecule has 0 unspecified atom stereocenters. The van der Waals surface area contributed by atoms with Crippen molar-refractivity contribution in [1.82, 2.24) is 0 Å². The van der Waals surface area contributed by atoms with Crippen LogP contribution in [0.5, 0.6) is 0 Å². The van der Waals surface area contributed by atoms with Crippen molar-refractivity contribution in [2.45, 2.75) is 64.1 Å². The highest BCUT2D eigenvalue weighted by molar-refractivity contribution is 6.83. The van der Waals surface area contributed by atoms with E-state index in [0.717, 1.165) is 11.3 Å². The first kappa shape index (κ1) is 21.5. The first-order chi connectivity index (χ1) is 12.4. The molecule has 2 atom stereocenters. The number of aliphatic hydroxyl groups is 1. The Morgan fingerprint density at radius 2 is 1.93 bits per heavy atom. The quantitative estimate of drug-likeness (QED) is 0.634. The number of nitrogens with zero attached hydrogens (tertiary/aromatic N) is 1. The van der Waals surface area contributed by atoms with Crippen molar-refractivity contribution in [3.63, 3.8) is 0 Å². The number of anilines is 1. The van der Waals surface area contributed by atoms with Crippen LogP contribution in [-0.2, 0) is 15.9 Å². The summed E-state index contributed by atoms with van der Waals surface area (Å²) in [6.45, 7) is 11.8. The topological polar surface area (TPSA) is 59.0 Å². The van der Waals surface area contributed by atoms with Crippen molar-refractivity contribution < 1.29 is 19.4 Å². The van der Waals surface area contributed by atoms with Crippen LogP contribution >= 0.6 is 0 Å². The summed E-state index contributed by atoms with van der Waals surface area (Å²) in [5.41, 5.74) is 2.86. The van der Waals surface area contributed by atoms with Gasteiger partial charge in [-0.3, -0.25) is 4.90 Å². The van der Waals surface area contributed by atoms with Crippen molar-refractivity contribution in [3.8, 4) is 11.5 Å². The van der Waals surface area contributed by atoms with E-state index in [9.17, 15) is 9.90 Å². The number of methoxy groups -OCH3 is 1. The van der Waals surface area contributed by atoms with Crippen LogP contribution in [0.3, 0.4) is 0 Å². The minimum Gasteiger partial charge on any atom is -0.443 e. The third kappa shape index (κ3) is 5.35. The Kier molecular flexibility index (Phi) is 6.10. The number of carbonyl (C=O) groups excluding carboxylic acids is 1. The molecule has 0 saturated carbocycles. The Balaban J connectivity index is 2.50. The van der Waals surface area contributed by atoms with Crippen molar-refractivity contribution in [1.29, 1.82) is 0 Å². The predicted octanol–water partition coefficient (Wildman–Crippen LogP) is 3.61. The molecule has 0 fully saturated rings. The number of hydrogen-bond acceptors (Lipinski definition) is 4. The molecule has 0 aromatic heterocycles. The lowest BCUT2D eigenvalue weighted by Gasteiger charge is -2.36. The average Bonchev–Trinajstić information content (AvgIpc) is 2.91. The molecule has 5 nitrogen and oxygen atoms in total. The molecule has 1 aliphatic heterocycles. The fourth-order valence-electron chi connectivity index (χ4n) is 3.04. The fraction of sp³-hybridized carbons (Fsp3) is 0.571. The van der Waals surface area contributed by atoms with Gasteiger partial charge in [0.2, 0.25) is 0 Å². The van der Waals surface area contributed by atoms with E-state index in [1.165, 1.54) is 7.11 Å². The third-order valence-corrected chi connectivity index (χ3v) is 5.01. The van der Waals surface area contributed by atoms with Gasteiger partial charge in [-0.15, -0.1) is 5.54 Å². The van der Waals surface area contributed by atoms with Crippen LogP contribution in [0, 0.1) is 11.5 Å². The largest absolute Gasteiger partial charge is 0.443 e. The van der Waals surface area contributed by atoms with E-state index in [-0.39, 0.29) is 6.61 Å². The van der Waals surface area contributed by atoms with Crippen LogP contribution in [0.25, 0.3) is 0 Å². The molecule has 1 N–H and O–H groups in total. The van der Waals surface area contributed by atoms with Gasteiger partial charge in [-0.2, -0.15) is 0 Å². The monoisotopic (exact) mass is 389 g/mol. The Morgan fingerprint density at radius 3 is 2.48 bits per heavy atom. The zero-order chi connectivity index (χ0) is 20.5. The maximum Gasteiger partial charge on any atom is 0.415 e. The van der Waals surface area contributed by atoms with Gasteiger partial charge >= 0.3 is 6.09 Å². The number of rotatable bonds is 3. The SMILES string of the molecule is COC[C@@](O)(C#C[Si](C)(C)C)[C@@H]1Cc2ccccc2N1C(=O)OC(C)(C)C. The second-order valence-electron chi connectivity index (χ2n) is 9.06. The summed E-state index contributed by atoms with van der Waals surface area (Å²) in [5, 5.41) is 11.4. The van der Waals surface area contributed by atoms with Gasteiger partial charge < -0.3 is 14.6 Å². The molecule has 1 aromatic carbocycles. The van der Waals surface area contributed by atoms with Crippen molar-refractivity contribution >= 4 is 19.9 Å². The summed E-state index contributed by atoms with van der Waals surface area (Å²) >= 11 is 0. The molecule has 0 aliphatic carbocycles. The van der Waals surface area contributed by atoms with Gasteiger partial charge in [0, 0.05) is 7.11 Å². The minimum absolute atomic E-state index is 0.0163. The fourth-order valence-corrected chi connectivity index (χ4v) is 3.63. The lowest BCUT2D eigenvalue weighted by atomic mass is 9.92. The van der Waals surface area contributed by atoms with Gasteiger partial charge in [-0.05, 0) is 38.8 Å². The van der Waals surface area contributed by atoms with Gasteiger partial charge in [-0.1, -0.05) is 43.8 Å². The Hall–Kier alpha value is -1.81. The molecule has 1 aromatic rings. The van der Waals surface area contributed by atoms with Gasteiger partial charge in [-0.25, -0.2) is 4.79 Å². The number of para-hydroxylation sites is 1. The molecule has 27 heavy (non-hydrogen) atoms. The normalized spacial score (nSPS) is 19.0. The molecule has 0 spiro atoms. The smallest absolute Gasteiger partial charge is 0.415 e. The second-order valence-corrected chi connectivity index (χ2v) is 13.8. The molecule has 1 heterocycles. The number of ether oxygens (including phenoxy) is 2. The molecule has 1 amide bonds. The average molecular weight is 390 g/mol. The van der Waals surface area contributed by atoms with E-state index < -0.39 is 31.4 Å². The highest BCUT2D eigenvalue weighted by Gasteiger charge is 2.48. The molecule has 0 saturated heterocycles. The van der Waals surface area contributed by atoms with Crippen LogP contribution in [0.2, 0.25) is 19.6 Å². The van der Waals surface area contributed by atoms with E-state index in [1.807, 2.05) is 45.0 Å². The minimum atomic E-state index is -1.73. The molecule has 2 rings (SSSR count). The van der Waals surface area contributed by atoms with Gasteiger partial charge in [0.05, 0.1) is 18.3 Å². The van der Waals surface area contributed by atoms with E-state index in [2.05, 4.69) is 31.1 Å². The molecule has 1 aliphatic rings. The van der Waals surface area contributed by atoms with Crippen LogP contribution in [-0.4, -0.2) is 50.2 Å². The first-order valence-electron chi connectivity index (χ1n) is 9.22. The van der Waals surface area contributed by atoms with Crippen molar-refractivity contribution in [3.05, 3.63) is 29.8 Å². The molecule has 148 valence electrons. The van der Waals surface area contributed by atoms with Crippen molar-refractivity contribution in [2.75, 3.05) is 18.6 Å². The summed E-state index contributed by atoms with van der Waals surface area (Å²) in [7, 11) is -0.197. The zero-order valence-corrected chi connectivity index (χ0v) is 18.4. The van der Waals surface area contributed by atoms with Crippen LogP contribution < -0.4 is 4.90 Å². The zero-order valence-electron chi connectivity index (χ0n) is 17.4. The maximum absolute atomic E-state index is 13.0. The third-order valence-electron chi connectivity index (χ3n) is 4.14. The molecular weight excluding hydrogens is 358 g/mol. The number of benzene rings is 1. The maximum atomic E-state index is 13.0. The summed E-state index contributed by atoms with van der Waals surface area (Å²) in [4.78, 5) is 14.5. The van der Waals surface area contributed by atoms with E-state index >= 15 is 0 Å². The number of carbonyl (C=O) groups is 1. The summed E-state index contributed by atoms with van der Waals surface area (Å²) in [6.07, 6.45) is 0.0112. The second kappa shape index (κ2) is 7.67. The van der Waals surface area contributed by atoms with Crippen LogP contribution in [0.15, 0.2) is 24.3 Å². The standard InChI is InChI=1S/C21H31NO4Si/c1-20(2,3)26-19(23)22-17-11-9-8-10-16(17)14-18(22)21(24,15-25-4)12-13-27(5,6)7/h8-11,18,24H,14-15H2,1-7H3/t18-,21-/m0/s1. The van der Waals surface area contributed by atoms with E-state index in [4.69, 9.17) is 9.47 Å². The highest BCUT2D eigenvalue weighted by Crippen LogP contribution is 2.37. The highest BCUT2D eigenvalue weighted by atomic mass is 28.3. The molecule has 6 heteroatoms. The number of hydrogen-bond donors (Lipinski definition) is 1. The first-order valence-corrected chi connectivity index (χ1v) is 12.7.